The van der Waals surface area contributed by atoms with Gasteiger partial charge in [-0.2, -0.15) is 0 Å². The summed E-state index contributed by atoms with van der Waals surface area (Å²) in [5.41, 5.74) is 5.33. The number of hydrogen-bond acceptors (Lipinski definition) is 4. The molecule has 5 rings (SSSR count). The molecular formula is C30H31Cl2N3O3. The molecule has 1 amide bonds. The predicted molar refractivity (Wildman–Crippen MR) is 152 cm³/mol. The Labute approximate surface area is 232 Å². The van der Waals surface area contributed by atoms with E-state index in [1.54, 1.807) is 29.2 Å². The van der Waals surface area contributed by atoms with Crippen LogP contribution in [0, 0.1) is 0 Å². The molecule has 8 heteroatoms. The summed E-state index contributed by atoms with van der Waals surface area (Å²) in [5, 5.41) is 15.3. The zero-order chi connectivity index (χ0) is 26.6. The number of ether oxygens (including phenoxy) is 1. The molecular weight excluding hydrogens is 521 g/mol. The fourth-order valence-corrected chi connectivity index (χ4v) is 5.51. The van der Waals surface area contributed by atoms with Gasteiger partial charge in [-0.3, -0.25) is 4.90 Å². The fraction of sp³-hybridized carbons (Fsp3) is 0.300. The number of aliphatic hydroxyl groups is 1. The van der Waals surface area contributed by atoms with Crippen LogP contribution in [0.2, 0.25) is 10.0 Å². The summed E-state index contributed by atoms with van der Waals surface area (Å²) in [6, 6.07) is 20.7. The zero-order valence-corrected chi connectivity index (χ0v) is 22.7. The van der Waals surface area contributed by atoms with Crippen molar-refractivity contribution in [2.45, 2.75) is 37.8 Å². The summed E-state index contributed by atoms with van der Waals surface area (Å²) in [6.07, 6.45) is 2.46. The third-order valence-corrected chi connectivity index (χ3v) is 7.57. The van der Waals surface area contributed by atoms with Crippen LogP contribution in [0.25, 0.3) is 10.9 Å². The Bertz CT molecular complexity index is 1400. The summed E-state index contributed by atoms with van der Waals surface area (Å²) in [4.78, 5) is 18.8. The van der Waals surface area contributed by atoms with E-state index in [4.69, 9.17) is 27.9 Å². The van der Waals surface area contributed by atoms with Crippen LogP contribution in [-0.4, -0.2) is 47.3 Å². The standard InChI is InChI=1S/C30H31Cl2N3O3/c1-33-18-23(36)4-2-3-19-5-7-20(8-6-19)29-28-25(26-17-22(32)11-14-27(26)34-28)15-16-35(29)30(37)38-24-12-9-21(31)10-13-24/h5-14,17,23,29,33-34,36H,2-4,15-16,18H2,1H3. The number of aliphatic hydroxyl groups excluding tert-OH is 1. The highest BCUT2D eigenvalue weighted by molar-refractivity contribution is 6.31. The van der Waals surface area contributed by atoms with Gasteiger partial charge in [0.05, 0.1) is 6.10 Å². The number of likely N-dealkylation sites (N-methyl/N-ethyl adjacent to an activating group) is 1. The van der Waals surface area contributed by atoms with Crippen LogP contribution in [-0.2, 0) is 12.8 Å². The third kappa shape index (κ3) is 5.84. The van der Waals surface area contributed by atoms with Crippen LogP contribution in [0.1, 0.15) is 41.3 Å². The number of aromatic nitrogens is 1. The third-order valence-electron chi connectivity index (χ3n) is 7.08. The number of rotatable bonds is 8. The van der Waals surface area contributed by atoms with Gasteiger partial charge < -0.3 is 20.1 Å². The first-order valence-corrected chi connectivity index (χ1v) is 13.6. The van der Waals surface area contributed by atoms with E-state index in [9.17, 15) is 9.90 Å². The monoisotopic (exact) mass is 551 g/mol. The zero-order valence-electron chi connectivity index (χ0n) is 21.2. The Morgan fingerprint density at radius 3 is 2.58 bits per heavy atom. The number of nitrogens with zero attached hydrogens (tertiary/aromatic N) is 1. The molecule has 0 saturated heterocycles. The molecule has 2 heterocycles. The summed E-state index contributed by atoms with van der Waals surface area (Å²) in [7, 11) is 1.84. The van der Waals surface area contributed by atoms with Crippen molar-refractivity contribution in [3.63, 3.8) is 0 Å². The molecule has 198 valence electrons. The minimum atomic E-state index is -0.415. The van der Waals surface area contributed by atoms with E-state index < -0.39 is 6.09 Å². The average molecular weight is 553 g/mol. The van der Waals surface area contributed by atoms with Crippen molar-refractivity contribution in [2.24, 2.45) is 0 Å². The van der Waals surface area contributed by atoms with Gasteiger partial charge in [0.15, 0.2) is 0 Å². The Balaban J connectivity index is 1.43. The lowest BCUT2D eigenvalue weighted by Crippen LogP contribution is -2.42. The Hall–Kier alpha value is -3.03. The molecule has 1 aromatic heterocycles. The highest BCUT2D eigenvalue weighted by Gasteiger charge is 2.35. The molecule has 3 aromatic carbocycles. The molecule has 0 fully saturated rings. The number of carbonyl (C=O) groups excluding carboxylic acids is 1. The van der Waals surface area contributed by atoms with Gasteiger partial charge >= 0.3 is 6.09 Å². The van der Waals surface area contributed by atoms with Crippen molar-refractivity contribution in [1.29, 1.82) is 0 Å². The van der Waals surface area contributed by atoms with Gasteiger partial charge in [-0.15, -0.1) is 0 Å². The summed E-state index contributed by atoms with van der Waals surface area (Å²) >= 11 is 12.3. The summed E-state index contributed by atoms with van der Waals surface area (Å²) in [5.74, 6) is 0.447. The quantitative estimate of drug-likeness (QED) is 0.233. The van der Waals surface area contributed by atoms with Crippen LogP contribution in [0.4, 0.5) is 4.79 Å². The molecule has 0 bridgehead atoms. The van der Waals surface area contributed by atoms with Crippen LogP contribution in [0.5, 0.6) is 5.75 Å². The van der Waals surface area contributed by atoms with Gasteiger partial charge in [0, 0.05) is 39.7 Å². The highest BCUT2D eigenvalue weighted by atomic mass is 35.5. The molecule has 1 aliphatic heterocycles. The van der Waals surface area contributed by atoms with Crippen LogP contribution >= 0.6 is 23.2 Å². The second-order valence-corrected chi connectivity index (χ2v) is 10.6. The van der Waals surface area contributed by atoms with E-state index in [1.165, 1.54) is 11.1 Å². The van der Waals surface area contributed by atoms with Crippen LogP contribution in [0.15, 0.2) is 66.7 Å². The van der Waals surface area contributed by atoms with E-state index >= 15 is 0 Å². The number of fused-ring (bicyclic) bond motifs is 3. The topological polar surface area (TPSA) is 77.6 Å². The fourth-order valence-electron chi connectivity index (χ4n) is 5.21. The number of aryl methyl sites for hydroxylation is 1. The second kappa shape index (κ2) is 11.8. The molecule has 2 unspecified atom stereocenters. The van der Waals surface area contributed by atoms with Crippen molar-refractivity contribution in [3.05, 3.63) is 99.2 Å². The molecule has 0 spiro atoms. The number of carbonyl (C=O) groups is 1. The molecule has 1 aliphatic rings. The van der Waals surface area contributed by atoms with Gasteiger partial charge in [0.2, 0.25) is 0 Å². The average Bonchev–Trinajstić information content (AvgIpc) is 3.28. The maximum absolute atomic E-state index is 13.4. The van der Waals surface area contributed by atoms with Crippen molar-refractivity contribution >= 4 is 40.2 Å². The lowest BCUT2D eigenvalue weighted by Gasteiger charge is -2.35. The molecule has 6 nitrogen and oxygen atoms in total. The SMILES string of the molecule is CNCC(O)CCCc1ccc(C2c3[nH]c4ccc(Cl)cc4c3CCN2C(=O)Oc2ccc(Cl)cc2)cc1. The molecule has 0 radical (unpaired) electrons. The molecule has 0 aliphatic carbocycles. The van der Waals surface area contributed by atoms with Crippen molar-refractivity contribution in [1.82, 2.24) is 15.2 Å². The Morgan fingerprint density at radius 2 is 1.84 bits per heavy atom. The Kier molecular flexibility index (Phi) is 8.24. The summed E-state index contributed by atoms with van der Waals surface area (Å²) in [6.45, 7) is 1.11. The first kappa shape index (κ1) is 26.6. The maximum atomic E-state index is 13.4. The number of aromatic amines is 1. The van der Waals surface area contributed by atoms with Crippen molar-refractivity contribution in [3.8, 4) is 5.75 Å². The summed E-state index contributed by atoms with van der Waals surface area (Å²) < 4.78 is 5.75. The van der Waals surface area contributed by atoms with E-state index in [1.807, 2.05) is 25.2 Å². The highest BCUT2D eigenvalue weighted by Crippen LogP contribution is 2.39. The van der Waals surface area contributed by atoms with Crippen LogP contribution < -0.4 is 10.1 Å². The van der Waals surface area contributed by atoms with Gasteiger partial charge in [-0.1, -0.05) is 47.5 Å². The van der Waals surface area contributed by atoms with E-state index in [2.05, 4.69) is 34.6 Å². The largest absolute Gasteiger partial charge is 0.416 e. The number of nitrogens with one attached hydrogen (secondary N) is 2. The Morgan fingerprint density at radius 1 is 1.11 bits per heavy atom. The molecule has 3 N–H and O–H groups in total. The first-order valence-electron chi connectivity index (χ1n) is 12.9. The second-order valence-electron chi connectivity index (χ2n) is 9.72. The molecule has 38 heavy (non-hydrogen) atoms. The number of halogens is 2. The number of amides is 1. The van der Waals surface area contributed by atoms with Gasteiger partial charge in [-0.05, 0) is 91.9 Å². The molecule has 4 aromatic rings. The van der Waals surface area contributed by atoms with Gasteiger partial charge in [0.1, 0.15) is 11.8 Å². The smallest absolute Gasteiger partial charge is 0.410 e. The van der Waals surface area contributed by atoms with E-state index in [0.29, 0.717) is 35.3 Å². The van der Waals surface area contributed by atoms with E-state index in [0.717, 1.165) is 41.4 Å². The lowest BCUT2D eigenvalue weighted by atomic mass is 9.92. The normalized spacial score (nSPS) is 15.9. The minimum absolute atomic E-state index is 0.337. The van der Waals surface area contributed by atoms with Crippen molar-refractivity contribution in [2.75, 3.05) is 20.1 Å². The molecule has 2 atom stereocenters. The maximum Gasteiger partial charge on any atom is 0.416 e. The minimum Gasteiger partial charge on any atom is -0.410 e. The van der Waals surface area contributed by atoms with E-state index in [-0.39, 0.29) is 12.1 Å². The number of benzene rings is 3. The number of hydrogen-bond donors (Lipinski definition) is 3. The van der Waals surface area contributed by atoms with Crippen molar-refractivity contribution < 1.29 is 14.6 Å². The van der Waals surface area contributed by atoms with Gasteiger partial charge in [-0.25, -0.2) is 4.79 Å². The first-order chi connectivity index (χ1) is 18.4. The predicted octanol–water partition coefficient (Wildman–Crippen LogP) is 6.52. The van der Waals surface area contributed by atoms with Crippen LogP contribution in [0.3, 0.4) is 0 Å². The van der Waals surface area contributed by atoms with Gasteiger partial charge in [0.25, 0.3) is 0 Å². The molecule has 0 saturated carbocycles. The lowest BCUT2D eigenvalue weighted by molar-refractivity contribution is 0.135. The number of H-pyrrole nitrogens is 1.